The molecule has 0 aliphatic heterocycles. The normalized spacial score (nSPS) is 13.1. The van der Waals surface area contributed by atoms with E-state index in [-0.39, 0.29) is 11.8 Å². The predicted molar refractivity (Wildman–Crippen MR) is 91.3 cm³/mol. The molecule has 1 amide bonds. The number of aromatic nitrogens is 2. The van der Waals surface area contributed by atoms with Gasteiger partial charge in [-0.3, -0.25) is 9.48 Å². The van der Waals surface area contributed by atoms with Crippen molar-refractivity contribution in [3.8, 4) is 0 Å². The second-order valence-electron chi connectivity index (χ2n) is 5.93. The Kier molecular flexibility index (Phi) is 5.01. The van der Waals surface area contributed by atoms with E-state index in [2.05, 4.69) is 23.3 Å². The number of benzene rings is 1. The lowest BCUT2D eigenvalue weighted by Crippen LogP contribution is -2.32. The van der Waals surface area contributed by atoms with E-state index in [1.807, 2.05) is 22.6 Å². The SMILES string of the molecule is CCn1nccc1CN(Cc1cccc2c1CCC2)C(=O)CCl. The van der Waals surface area contributed by atoms with Gasteiger partial charge in [-0.25, -0.2) is 0 Å². The monoisotopic (exact) mass is 331 g/mol. The van der Waals surface area contributed by atoms with E-state index in [1.165, 1.54) is 23.1 Å². The third kappa shape index (κ3) is 3.42. The lowest BCUT2D eigenvalue weighted by atomic mass is 10.0. The number of nitrogens with zero attached hydrogens (tertiary/aromatic N) is 3. The van der Waals surface area contributed by atoms with E-state index in [9.17, 15) is 4.79 Å². The molecule has 0 saturated carbocycles. The van der Waals surface area contributed by atoms with Gasteiger partial charge in [0.05, 0.1) is 12.2 Å². The zero-order chi connectivity index (χ0) is 16.2. The van der Waals surface area contributed by atoms with Crippen molar-refractivity contribution in [2.75, 3.05) is 5.88 Å². The predicted octanol–water partition coefficient (Wildman–Crippen LogP) is 3.16. The number of aryl methyl sites for hydroxylation is 2. The second-order valence-corrected chi connectivity index (χ2v) is 6.20. The minimum atomic E-state index is -0.0360. The Labute approximate surface area is 142 Å². The minimum Gasteiger partial charge on any atom is -0.331 e. The molecule has 2 aromatic rings. The van der Waals surface area contributed by atoms with Crippen LogP contribution in [0, 0.1) is 0 Å². The highest BCUT2D eigenvalue weighted by Crippen LogP contribution is 2.26. The van der Waals surface area contributed by atoms with Crippen molar-refractivity contribution in [3.05, 3.63) is 52.8 Å². The van der Waals surface area contributed by atoms with Crippen molar-refractivity contribution in [2.24, 2.45) is 0 Å². The Balaban J connectivity index is 1.83. The molecule has 1 aromatic heterocycles. The van der Waals surface area contributed by atoms with Crippen LogP contribution in [0.1, 0.15) is 35.7 Å². The average Bonchev–Trinajstić information content (AvgIpc) is 3.22. The molecule has 0 saturated heterocycles. The maximum absolute atomic E-state index is 12.3. The fourth-order valence-electron chi connectivity index (χ4n) is 3.34. The number of carbonyl (C=O) groups excluding carboxylic acids is 1. The van der Waals surface area contributed by atoms with E-state index < -0.39 is 0 Å². The second kappa shape index (κ2) is 7.18. The van der Waals surface area contributed by atoms with Crippen LogP contribution in [-0.2, 0) is 37.3 Å². The van der Waals surface area contributed by atoms with Crippen molar-refractivity contribution in [1.82, 2.24) is 14.7 Å². The third-order valence-corrected chi connectivity index (χ3v) is 4.76. The zero-order valence-corrected chi connectivity index (χ0v) is 14.2. The van der Waals surface area contributed by atoms with Crippen molar-refractivity contribution in [2.45, 2.75) is 45.8 Å². The van der Waals surface area contributed by atoms with Crippen LogP contribution in [-0.4, -0.2) is 26.5 Å². The summed E-state index contributed by atoms with van der Waals surface area (Å²) in [4.78, 5) is 14.1. The molecule has 5 heteroatoms. The van der Waals surface area contributed by atoms with Crippen LogP contribution in [0.3, 0.4) is 0 Å². The standard InChI is InChI=1S/C18H22ClN3O/c1-2-22-16(9-10-20-22)13-21(18(23)11-19)12-15-7-3-5-14-6-4-8-17(14)15/h3,5,7,9-10H,2,4,6,8,11-13H2,1H3. The Morgan fingerprint density at radius 1 is 1.30 bits per heavy atom. The van der Waals surface area contributed by atoms with Gasteiger partial charge < -0.3 is 4.90 Å². The molecule has 1 aromatic carbocycles. The van der Waals surface area contributed by atoms with E-state index in [0.717, 1.165) is 25.1 Å². The van der Waals surface area contributed by atoms with E-state index >= 15 is 0 Å². The van der Waals surface area contributed by atoms with Crippen LogP contribution in [0.15, 0.2) is 30.5 Å². The molecule has 122 valence electrons. The summed E-state index contributed by atoms with van der Waals surface area (Å²) in [7, 11) is 0. The summed E-state index contributed by atoms with van der Waals surface area (Å²) >= 11 is 5.83. The van der Waals surface area contributed by atoms with Gasteiger partial charge in [0, 0.05) is 19.3 Å². The molecule has 1 aliphatic carbocycles. The Morgan fingerprint density at radius 3 is 2.96 bits per heavy atom. The summed E-state index contributed by atoms with van der Waals surface area (Å²) in [5.41, 5.74) is 5.14. The smallest absolute Gasteiger partial charge is 0.238 e. The molecule has 0 spiro atoms. The summed E-state index contributed by atoms with van der Waals surface area (Å²) in [5.74, 6) is -0.0268. The summed E-state index contributed by atoms with van der Waals surface area (Å²) in [6, 6.07) is 8.40. The van der Waals surface area contributed by atoms with Crippen LogP contribution in [0.25, 0.3) is 0 Å². The highest BCUT2D eigenvalue weighted by atomic mass is 35.5. The van der Waals surface area contributed by atoms with Gasteiger partial charge in [-0.1, -0.05) is 18.2 Å². The number of carbonyl (C=O) groups is 1. The van der Waals surface area contributed by atoms with Crippen molar-refractivity contribution in [3.63, 3.8) is 0 Å². The summed E-state index contributed by atoms with van der Waals surface area (Å²) in [6.45, 7) is 4.01. The average molecular weight is 332 g/mol. The first-order valence-electron chi connectivity index (χ1n) is 8.17. The lowest BCUT2D eigenvalue weighted by Gasteiger charge is -2.23. The van der Waals surface area contributed by atoms with Crippen LogP contribution >= 0.6 is 11.6 Å². The fourth-order valence-corrected chi connectivity index (χ4v) is 3.51. The molecule has 0 unspecified atom stereocenters. The maximum atomic E-state index is 12.3. The molecule has 0 atom stereocenters. The van der Waals surface area contributed by atoms with Gasteiger partial charge in [-0.2, -0.15) is 5.10 Å². The molecule has 0 fully saturated rings. The van der Waals surface area contributed by atoms with Gasteiger partial charge in [0.1, 0.15) is 5.88 Å². The minimum absolute atomic E-state index is 0.00921. The highest BCUT2D eigenvalue weighted by molar-refractivity contribution is 6.27. The summed E-state index contributed by atoms with van der Waals surface area (Å²) in [6.07, 6.45) is 5.25. The molecule has 0 radical (unpaired) electrons. The van der Waals surface area contributed by atoms with Crippen molar-refractivity contribution < 1.29 is 4.79 Å². The van der Waals surface area contributed by atoms with Crippen molar-refractivity contribution in [1.29, 1.82) is 0 Å². The van der Waals surface area contributed by atoms with Crippen LogP contribution in [0.2, 0.25) is 0 Å². The van der Waals surface area contributed by atoms with Gasteiger partial charge in [0.15, 0.2) is 0 Å². The Hall–Kier alpha value is -1.81. The Bertz CT molecular complexity index is 695. The lowest BCUT2D eigenvalue weighted by molar-refractivity contribution is -0.129. The zero-order valence-electron chi connectivity index (χ0n) is 13.5. The van der Waals surface area contributed by atoms with Crippen molar-refractivity contribution >= 4 is 17.5 Å². The molecular formula is C18H22ClN3O. The van der Waals surface area contributed by atoms with E-state index in [1.54, 1.807) is 6.20 Å². The quantitative estimate of drug-likeness (QED) is 0.763. The molecule has 3 rings (SSSR count). The summed E-state index contributed by atoms with van der Waals surface area (Å²) < 4.78 is 1.92. The number of amides is 1. The van der Waals surface area contributed by atoms with Gasteiger partial charge >= 0.3 is 0 Å². The largest absolute Gasteiger partial charge is 0.331 e. The molecule has 1 heterocycles. The third-order valence-electron chi connectivity index (χ3n) is 4.53. The van der Waals surface area contributed by atoms with E-state index in [4.69, 9.17) is 11.6 Å². The highest BCUT2D eigenvalue weighted by Gasteiger charge is 2.20. The summed E-state index contributed by atoms with van der Waals surface area (Å²) in [5, 5.41) is 4.28. The molecule has 23 heavy (non-hydrogen) atoms. The van der Waals surface area contributed by atoms with E-state index in [0.29, 0.717) is 13.1 Å². The van der Waals surface area contributed by atoms with Gasteiger partial charge in [-0.15, -0.1) is 11.6 Å². The van der Waals surface area contributed by atoms with Gasteiger partial charge in [0.25, 0.3) is 0 Å². The first-order valence-corrected chi connectivity index (χ1v) is 8.70. The number of alkyl halides is 1. The van der Waals surface area contributed by atoms with Crippen LogP contribution in [0.4, 0.5) is 0 Å². The molecule has 0 bridgehead atoms. The molecule has 0 N–H and O–H groups in total. The number of hydrogen-bond acceptors (Lipinski definition) is 2. The first-order chi connectivity index (χ1) is 11.2. The number of rotatable bonds is 6. The molecule has 4 nitrogen and oxygen atoms in total. The molecule has 1 aliphatic rings. The fraction of sp³-hybridized carbons (Fsp3) is 0.444. The maximum Gasteiger partial charge on any atom is 0.238 e. The number of halogens is 1. The molecular weight excluding hydrogens is 310 g/mol. The first kappa shape index (κ1) is 16.1. The van der Waals surface area contributed by atoms with Gasteiger partial charge in [0.2, 0.25) is 5.91 Å². The Morgan fingerprint density at radius 2 is 2.17 bits per heavy atom. The van der Waals surface area contributed by atoms with Gasteiger partial charge in [-0.05, 0) is 48.9 Å². The number of fused-ring (bicyclic) bond motifs is 1. The topological polar surface area (TPSA) is 38.1 Å². The number of hydrogen-bond donors (Lipinski definition) is 0. The van der Waals surface area contributed by atoms with Crippen LogP contribution in [0.5, 0.6) is 0 Å². The van der Waals surface area contributed by atoms with Crippen LogP contribution < -0.4 is 0 Å².